The first kappa shape index (κ1) is 19.0. The summed E-state index contributed by atoms with van der Waals surface area (Å²) in [5.41, 5.74) is 0. The first-order chi connectivity index (χ1) is 9.94. The highest BCUT2D eigenvalue weighted by atomic mass is 35.5. The first-order valence-corrected chi connectivity index (χ1v) is 8.42. The SMILES string of the molecule is CCOC(=O)c1ccc(S(=O)(=O)NC2CCNCC2C)o1.Cl. The molecule has 1 aliphatic rings. The summed E-state index contributed by atoms with van der Waals surface area (Å²) in [6.45, 7) is 5.37. The van der Waals surface area contributed by atoms with Crippen LogP contribution in [0.25, 0.3) is 0 Å². The van der Waals surface area contributed by atoms with E-state index in [0.29, 0.717) is 6.42 Å². The van der Waals surface area contributed by atoms with Gasteiger partial charge in [-0.05, 0) is 44.5 Å². The molecule has 1 fully saturated rings. The normalized spacial score (nSPS) is 21.9. The van der Waals surface area contributed by atoms with E-state index < -0.39 is 16.0 Å². The van der Waals surface area contributed by atoms with Gasteiger partial charge in [0.25, 0.3) is 10.0 Å². The van der Waals surface area contributed by atoms with Gasteiger partial charge in [0.1, 0.15) is 0 Å². The monoisotopic (exact) mass is 352 g/mol. The topological polar surface area (TPSA) is 97.6 Å². The van der Waals surface area contributed by atoms with Crippen molar-refractivity contribution in [2.45, 2.75) is 31.4 Å². The molecule has 1 aliphatic heterocycles. The summed E-state index contributed by atoms with van der Waals surface area (Å²) >= 11 is 0. The van der Waals surface area contributed by atoms with Gasteiger partial charge in [0.15, 0.2) is 0 Å². The molecule has 126 valence electrons. The molecule has 0 bridgehead atoms. The molecule has 0 aliphatic carbocycles. The van der Waals surface area contributed by atoms with Gasteiger partial charge in [0.2, 0.25) is 10.9 Å². The lowest BCUT2D eigenvalue weighted by Gasteiger charge is -2.29. The van der Waals surface area contributed by atoms with Crippen molar-refractivity contribution in [3.8, 4) is 0 Å². The molecule has 2 rings (SSSR count). The summed E-state index contributed by atoms with van der Waals surface area (Å²) in [6, 6.07) is 2.42. The molecule has 1 aromatic heterocycles. The van der Waals surface area contributed by atoms with Gasteiger partial charge in [-0.1, -0.05) is 6.92 Å². The van der Waals surface area contributed by atoms with Crippen LogP contribution in [0.2, 0.25) is 0 Å². The molecular formula is C13H21ClN2O5S. The molecule has 9 heteroatoms. The average Bonchev–Trinajstić information content (AvgIpc) is 2.92. The summed E-state index contributed by atoms with van der Waals surface area (Å²) in [4.78, 5) is 11.5. The van der Waals surface area contributed by atoms with Crippen LogP contribution in [-0.2, 0) is 14.8 Å². The van der Waals surface area contributed by atoms with Crippen molar-refractivity contribution in [2.24, 2.45) is 5.92 Å². The summed E-state index contributed by atoms with van der Waals surface area (Å²) < 4.78 is 37.0. The number of carbonyl (C=O) groups is 1. The van der Waals surface area contributed by atoms with Crippen molar-refractivity contribution < 1.29 is 22.4 Å². The lowest BCUT2D eigenvalue weighted by Crippen LogP contribution is -2.48. The van der Waals surface area contributed by atoms with Crippen molar-refractivity contribution >= 4 is 28.4 Å². The van der Waals surface area contributed by atoms with Crippen LogP contribution < -0.4 is 10.0 Å². The van der Waals surface area contributed by atoms with Crippen LogP contribution in [0.5, 0.6) is 0 Å². The number of nitrogens with one attached hydrogen (secondary N) is 2. The number of ether oxygens (including phenoxy) is 1. The van der Waals surface area contributed by atoms with E-state index in [-0.39, 0.29) is 41.8 Å². The van der Waals surface area contributed by atoms with Crippen LogP contribution >= 0.6 is 12.4 Å². The molecule has 0 saturated carbocycles. The molecule has 2 heterocycles. The Morgan fingerprint density at radius 2 is 2.23 bits per heavy atom. The summed E-state index contributed by atoms with van der Waals surface area (Å²) in [5, 5.41) is 2.94. The lowest BCUT2D eigenvalue weighted by molar-refractivity contribution is 0.0484. The minimum absolute atomic E-state index is 0. The van der Waals surface area contributed by atoms with Crippen LogP contribution in [0.15, 0.2) is 21.6 Å². The molecule has 1 saturated heterocycles. The number of hydrogen-bond donors (Lipinski definition) is 2. The molecule has 2 N–H and O–H groups in total. The zero-order valence-electron chi connectivity index (χ0n) is 12.5. The Bertz CT molecular complexity index is 601. The number of piperidine rings is 1. The summed E-state index contributed by atoms with van der Waals surface area (Å²) in [5.74, 6) is -0.599. The van der Waals surface area contributed by atoms with E-state index in [9.17, 15) is 13.2 Å². The number of sulfonamides is 1. The predicted molar refractivity (Wildman–Crippen MR) is 82.7 cm³/mol. The summed E-state index contributed by atoms with van der Waals surface area (Å²) in [6.07, 6.45) is 0.714. The fourth-order valence-electron chi connectivity index (χ4n) is 2.22. The second-order valence-corrected chi connectivity index (χ2v) is 6.68. The predicted octanol–water partition coefficient (Wildman–Crippen LogP) is 1.15. The number of esters is 1. The Morgan fingerprint density at radius 3 is 2.86 bits per heavy atom. The fraction of sp³-hybridized carbons (Fsp3) is 0.615. The van der Waals surface area contributed by atoms with Crippen molar-refractivity contribution in [3.05, 3.63) is 17.9 Å². The molecule has 7 nitrogen and oxygen atoms in total. The van der Waals surface area contributed by atoms with Crippen molar-refractivity contribution in [1.29, 1.82) is 0 Å². The largest absolute Gasteiger partial charge is 0.460 e. The van der Waals surface area contributed by atoms with Gasteiger partial charge in [0, 0.05) is 6.04 Å². The van der Waals surface area contributed by atoms with E-state index in [1.54, 1.807) is 6.92 Å². The Balaban J connectivity index is 0.00000242. The molecule has 0 spiro atoms. The Kier molecular flexibility index (Phi) is 6.86. The standard InChI is InChI=1S/C13H20N2O5S.ClH/c1-3-19-13(16)11-4-5-12(20-11)21(17,18)15-10-6-7-14-8-9(10)2;/h4-5,9-10,14-15H,3,6-8H2,1-2H3;1H. The number of halogens is 1. The van der Waals surface area contributed by atoms with E-state index in [2.05, 4.69) is 10.0 Å². The fourth-order valence-corrected chi connectivity index (χ4v) is 3.53. The van der Waals surface area contributed by atoms with Crippen LogP contribution in [-0.4, -0.2) is 40.1 Å². The van der Waals surface area contributed by atoms with E-state index >= 15 is 0 Å². The summed E-state index contributed by atoms with van der Waals surface area (Å²) in [7, 11) is -3.77. The molecule has 22 heavy (non-hydrogen) atoms. The third kappa shape index (κ3) is 4.45. The number of furan rings is 1. The number of rotatable bonds is 5. The van der Waals surface area contributed by atoms with Crippen molar-refractivity contribution in [3.63, 3.8) is 0 Å². The zero-order valence-corrected chi connectivity index (χ0v) is 14.1. The smallest absolute Gasteiger partial charge is 0.374 e. The molecule has 0 aromatic carbocycles. The maximum absolute atomic E-state index is 12.3. The van der Waals surface area contributed by atoms with Crippen molar-refractivity contribution in [1.82, 2.24) is 10.0 Å². The third-order valence-electron chi connectivity index (χ3n) is 3.41. The maximum Gasteiger partial charge on any atom is 0.374 e. The van der Waals surface area contributed by atoms with Gasteiger partial charge < -0.3 is 14.5 Å². The average molecular weight is 353 g/mol. The maximum atomic E-state index is 12.3. The van der Waals surface area contributed by atoms with Gasteiger partial charge in [-0.2, -0.15) is 0 Å². The highest BCUT2D eigenvalue weighted by Gasteiger charge is 2.29. The third-order valence-corrected chi connectivity index (χ3v) is 4.78. The molecule has 2 unspecified atom stereocenters. The van der Waals surface area contributed by atoms with Gasteiger partial charge in [-0.15, -0.1) is 12.4 Å². The Hall–Kier alpha value is -1.09. The second-order valence-electron chi connectivity index (χ2n) is 5.04. The van der Waals surface area contributed by atoms with E-state index in [0.717, 1.165) is 13.1 Å². The molecular weight excluding hydrogens is 332 g/mol. The quantitative estimate of drug-likeness (QED) is 0.771. The molecule has 1 aromatic rings. The molecule has 0 amide bonds. The van der Waals surface area contributed by atoms with Crippen LogP contribution in [0, 0.1) is 5.92 Å². The Morgan fingerprint density at radius 1 is 1.50 bits per heavy atom. The number of hydrogen-bond acceptors (Lipinski definition) is 6. The Labute approximate surface area is 136 Å². The van der Waals surface area contributed by atoms with E-state index in [1.165, 1.54) is 12.1 Å². The van der Waals surface area contributed by atoms with Gasteiger partial charge in [0.05, 0.1) is 6.61 Å². The minimum Gasteiger partial charge on any atom is -0.460 e. The van der Waals surface area contributed by atoms with E-state index in [1.807, 2.05) is 6.92 Å². The van der Waals surface area contributed by atoms with Crippen LogP contribution in [0.3, 0.4) is 0 Å². The van der Waals surface area contributed by atoms with Crippen LogP contribution in [0.4, 0.5) is 0 Å². The highest BCUT2D eigenvalue weighted by molar-refractivity contribution is 7.89. The van der Waals surface area contributed by atoms with E-state index in [4.69, 9.17) is 9.15 Å². The first-order valence-electron chi connectivity index (χ1n) is 6.94. The minimum atomic E-state index is -3.77. The van der Waals surface area contributed by atoms with Gasteiger partial charge >= 0.3 is 5.97 Å². The van der Waals surface area contributed by atoms with Crippen molar-refractivity contribution in [2.75, 3.05) is 19.7 Å². The second kappa shape index (κ2) is 7.96. The highest BCUT2D eigenvalue weighted by Crippen LogP contribution is 2.18. The molecule has 2 atom stereocenters. The zero-order chi connectivity index (χ0) is 15.5. The van der Waals surface area contributed by atoms with Crippen LogP contribution in [0.1, 0.15) is 30.8 Å². The number of carbonyl (C=O) groups excluding carboxylic acids is 1. The van der Waals surface area contributed by atoms with Gasteiger partial charge in [-0.25, -0.2) is 17.9 Å². The lowest BCUT2D eigenvalue weighted by atomic mass is 9.97. The molecule has 0 radical (unpaired) electrons. The van der Waals surface area contributed by atoms with Gasteiger partial charge in [-0.3, -0.25) is 0 Å².